The second-order valence-electron chi connectivity index (χ2n) is 4.95. The minimum absolute atomic E-state index is 0.371. The SMILES string of the molecule is CCCCCCCOCC(O)c1ccc(CN)cc1. The number of nitrogens with two attached hydrogens (primary N) is 1. The number of aliphatic hydroxyl groups is 1. The second-order valence-corrected chi connectivity index (χ2v) is 4.95. The van der Waals surface area contributed by atoms with Gasteiger partial charge in [0.2, 0.25) is 0 Å². The molecule has 1 unspecified atom stereocenters. The van der Waals surface area contributed by atoms with Crippen molar-refractivity contribution >= 4 is 0 Å². The van der Waals surface area contributed by atoms with Crippen LogP contribution in [0.3, 0.4) is 0 Å². The summed E-state index contributed by atoms with van der Waals surface area (Å²) in [4.78, 5) is 0. The number of unbranched alkanes of at least 4 members (excludes halogenated alkanes) is 4. The fourth-order valence-corrected chi connectivity index (χ4v) is 1.97. The number of aliphatic hydroxyl groups excluding tert-OH is 1. The maximum Gasteiger partial charge on any atom is 0.102 e. The van der Waals surface area contributed by atoms with E-state index < -0.39 is 6.10 Å². The minimum Gasteiger partial charge on any atom is -0.386 e. The molecule has 108 valence electrons. The van der Waals surface area contributed by atoms with Crippen LogP contribution < -0.4 is 5.73 Å². The van der Waals surface area contributed by atoms with E-state index in [0.717, 1.165) is 24.2 Å². The standard InChI is InChI=1S/C16H27NO2/c1-2-3-4-5-6-11-19-13-16(18)15-9-7-14(12-17)8-10-15/h7-10,16,18H,2-6,11-13,17H2,1H3. The third-order valence-corrected chi connectivity index (χ3v) is 3.27. The monoisotopic (exact) mass is 265 g/mol. The minimum atomic E-state index is -0.539. The summed E-state index contributed by atoms with van der Waals surface area (Å²) in [5.74, 6) is 0. The van der Waals surface area contributed by atoms with E-state index in [9.17, 15) is 5.11 Å². The Morgan fingerprint density at radius 1 is 1.11 bits per heavy atom. The molecule has 0 aliphatic carbocycles. The van der Waals surface area contributed by atoms with Crippen molar-refractivity contribution in [2.24, 2.45) is 5.73 Å². The molecule has 0 aliphatic heterocycles. The van der Waals surface area contributed by atoms with Crippen LogP contribution in [0.1, 0.15) is 56.3 Å². The van der Waals surface area contributed by atoms with Crippen LogP contribution in [0.5, 0.6) is 0 Å². The van der Waals surface area contributed by atoms with E-state index in [4.69, 9.17) is 10.5 Å². The molecule has 1 aromatic carbocycles. The first kappa shape index (κ1) is 16.2. The Labute approximate surface area is 116 Å². The molecule has 0 saturated carbocycles. The molecule has 1 aromatic rings. The van der Waals surface area contributed by atoms with Gasteiger partial charge in [-0.25, -0.2) is 0 Å². The first-order valence-electron chi connectivity index (χ1n) is 7.32. The van der Waals surface area contributed by atoms with Gasteiger partial charge in [-0.15, -0.1) is 0 Å². The van der Waals surface area contributed by atoms with Crippen LogP contribution in [-0.4, -0.2) is 18.3 Å². The molecule has 0 aromatic heterocycles. The molecule has 0 aliphatic rings. The Bertz CT molecular complexity index is 324. The molecule has 3 N–H and O–H groups in total. The van der Waals surface area contributed by atoms with Crippen LogP contribution in [0.2, 0.25) is 0 Å². The summed E-state index contributed by atoms with van der Waals surface area (Å²) in [6.45, 7) is 3.85. The molecule has 0 radical (unpaired) electrons. The highest BCUT2D eigenvalue weighted by Gasteiger charge is 2.07. The summed E-state index contributed by atoms with van der Waals surface area (Å²) in [6.07, 6.45) is 5.60. The maximum atomic E-state index is 9.97. The molecule has 1 atom stereocenters. The van der Waals surface area contributed by atoms with Gasteiger partial charge in [0.1, 0.15) is 6.10 Å². The van der Waals surface area contributed by atoms with Gasteiger partial charge in [-0.05, 0) is 17.5 Å². The molecular weight excluding hydrogens is 238 g/mol. The number of hydrogen-bond acceptors (Lipinski definition) is 3. The Kier molecular flexibility index (Phi) is 8.47. The largest absolute Gasteiger partial charge is 0.386 e. The number of rotatable bonds is 10. The van der Waals surface area contributed by atoms with Gasteiger partial charge < -0.3 is 15.6 Å². The summed E-state index contributed by atoms with van der Waals surface area (Å²) >= 11 is 0. The van der Waals surface area contributed by atoms with Crippen LogP contribution in [0.4, 0.5) is 0 Å². The van der Waals surface area contributed by atoms with E-state index >= 15 is 0 Å². The van der Waals surface area contributed by atoms with E-state index in [2.05, 4.69) is 6.92 Å². The molecule has 1 rings (SSSR count). The van der Waals surface area contributed by atoms with E-state index in [-0.39, 0.29) is 0 Å². The summed E-state index contributed by atoms with van der Waals surface area (Å²) < 4.78 is 5.51. The number of ether oxygens (including phenoxy) is 1. The van der Waals surface area contributed by atoms with Crippen molar-refractivity contribution in [3.63, 3.8) is 0 Å². The van der Waals surface area contributed by atoms with Crippen molar-refractivity contribution in [3.8, 4) is 0 Å². The van der Waals surface area contributed by atoms with Crippen LogP contribution in [0.15, 0.2) is 24.3 Å². The van der Waals surface area contributed by atoms with E-state index in [1.165, 1.54) is 25.7 Å². The molecule has 0 spiro atoms. The summed E-state index contributed by atoms with van der Waals surface area (Å²) in [6, 6.07) is 7.72. The first-order chi connectivity index (χ1) is 9.27. The molecular formula is C16H27NO2. The molecule has 0 fully saturated rings. The average Bonchev–Trinajstić information content (AvgIpc) is 2.46. The van der Waals surface area contributed by atoms with Crippen molar-refractivity contribution in [1.82, 2.24) is 0 Å². The lowest BCUT2D eigenvalue weighted by atomic mass is 10.1. The lowest BCUT2D eigenvalue weighted by Crippen LogP contribution is -2.08. The van der Waals surface area contributed by atoms with Crippen molar-refractivity contribution in [2.75, 3.05) is 13.2 Å². The summed E-state index contributed by atoms with van der Waals surface area (Å²) in [5, 5.41) is 9.97. The lowest BCUT2D eigenvalue weighted by Gasteiger charge is -2.12. The van der Waals surface area contributed by atoms with Gasteiger partial charge in [0, 0.05) is 13.2 Å². The molecule has 19 heavy (non-hydrogen) atoms. The van der Waals surface area contributed by atoms with Gasteiger partial charge >= 0.3 is 0 Å². The second kappa shape index (κ2) is 9.96. The zero-order valence-electron chi connectivity index (χ0n) is 12.0. The van der Waals surface area contributed by atoms with Gasteiger partial charge in [0.15, 0.2) is 0 Å². The predicted octanol–water partition coefficient (Wildman–Crippen LogP) is 3.17. The summed E-state index contributed by atoms with van der Waals surface area (Å²) in [5.41, 5.74) is 7.51. The van der Waals surface area contributed by atoms with E-state index in [1.807, 2.05) is 24.3 Å². The van der Waals surface area contributed by atoms with E-state index in [1.54, 1.807) is 0 Å². The molecule has 3 nitrogen and oxygen atoms in total. The first-order valence-corrected chi connectivity index (χ1v) is 7.32. The Hall–Kier alpha value is -0.900. The summed E-state index contributed by atoms with van der Waals surface area (Å²) in [7, 11) is 0. The van der Waals surface area contributed by atoms with Gasteiger partial charge in [-0.1, -0.05) is 56.9 Å². The molecule has 3 heteroatoms. The van der Waals surface area contributed by atoms with Crippen molar-refractivity contribution in [2.45, 2.75) is 51.7 Å². The molecule has 0 saturated heterocycles. The van der Waals surface area contributed by atoms with Crippen molar-refractivity contribution in [3.05, 3.63) is 35.4 Å². The number of hydrogen-bond donors (Lipinski definition) is 2. The molecule has 0 amide bonds. The smallest absolute Gasteiger partial charge is 0.102 e. The van der Waals surface area contributed by atoms with Crippen molar-refractivity contribution < 1.29 is 9.84 Å². The Morgan fingerprint density at radius 3 is 2.42 bits per heavy atom. The van der Waals surface area contributed by atoms with Crippen LogP contribution in [-0.2, 0) is 11.3 Å². The average molecular weight is 265 g/mol. The topological polar surface area (TPSA) is 55.5 Å². The zero-order chi connectivity index (χ0) is 13.9. The van der Waals surface area contributed by atoms with Gasteiger partial charge in [-0.2, -0.15) is 0 Å². The highest BCUT2D eigenvalue weighted by molar-refractivity contribution is 5.23. The third-order valence-electron chi connectivity index (χ3n) is 3.27. The van der Waals surface area contributed by atoms with Gasteiger partial charge in [-0.3, -0.25) is 0 Å². The normalized spacial score (nSPS) is 12.6. The van der Waals surface area contributed by atoms with Gasteiger partial charge in [0.25, 0.3) is 0 Å². The van der Waals surface area contributed by atoms with Gasteiger partial charge in [0.05, 0.1) is 6.61 Å². The van der Waals surface area contributed by atoms with Crippen LogP contribution >= 0.6 is 0 Å². The van der Waals surface area contributed by atoms with E-state index in [0.29, 0.717) is 13.2 Å². The van der Waals surface area contributed by atoms with Crippen LogP contribution in [0.25, 0.3) is 0 Å². The Morgan fingerprint density at radius 2 is 1.79 bits per heavy atom. The van der Waals surface area contributed by atoms with Crippen molar-refractivity contribution in [1.29, 1.82) is 0 Å². The Balaban J connectivity index is 2.14. The quantitative estimate of drug-likeness (QED) is 0.639. The molecule has 0 bridgehead atoms. The fraction of sp³-hybridized carbons (Fsp3) is 0.625. The lowest BCUT2D eigenvalue weighted by molar-refractivity contribution is 0.0344. The number of benzene rings is 1. The zero-order valence-corrected chi connectivity index (χ0v) is 12.0. The highest BCUT2D eigenvalue weighted by Crippen LogP contribution is 2.14. The predicted molar refractivity (Wildman–Crippen MR) is 78.9 cm³/mol. The highest BCUT2D eigenvalue weighted by atomic mass is 16.5. The van der Waals surface area contributed by atoms with Crippen LogP contribution in [0, 0.1) is 0 Å². The maximum absolute atomic E-state index is 9.97. The molecule has 0 heterocycles. The third kappa shape index (κ3) is 6.71. The fourth-order valence-electron chi connectivity index (χ4n) is 1.97.